The van der Waals surface area contributed by atoms with Crippen molar-refractivity contribution in [1.82, 2.24) is 34.9 Å². The van der Waals surface area contributed by atoms with Crippen molar-refractivity contribution < 1.29 is 0 Å². The second kappa shape index (κ2) is 9.90. The molecule has 1 saturated heterocycles. The minimum Gasteiger partial charge on any atom is -0.383 e. The number of nitrogens with zero attached hydrogens (tertiary/aromatic N) is 6. The Morgan fingerprint density at radius 3 is 2.41 bits per heavy atom. The number of likely N-dealkylation sites (N-methyl/N-ethyl adjacent to an activating group) is 1. The van der Waals surface area contributed by atoms with Gasteiger partial charge in [-0.3, -0.25) is 10.6 Å². The van der Waals surface area contributed by atoms with Crippen molar-refractivity contribution in [2.24, 2.45) is 5.73 Å². The molecule has 2 aromatic heterocycles. The highest BCUT2D eigenvalue weighted by atomic mass is 32.2. The molecular formula is C27H37N9S. The molecule has 1 unspecified atom stereocenters. The van der Waals surface area contributed by atoms with Crippen LogP contribution in [0.25, 0.3) is 22.3 Å². The van der Waals surface area contributed by atoms with E-state index in [1.807, 2.05) is 0 Å². The fraction of sp³-hybridized carbons (Fsp3) is 0.519. The van der Waals surface area contributed by atoms with Gasteiger partial charge in [0.25, 0.3) is 0 Å². The number of benzene rings is 1. The van der Waals surface area contributed by atoms with Crippen LogP contribution in [0.5, 0.6) is 0 Å². The summed E-state index contributed by atoms with van der Waals surface area (Å²) in [6.07, 6.45) is 7.07. The number of nitrogen functional groups attached to an aromatic ring is 1. The number of piperazine rings is 1. The van der Waals surface area contributed by atoms with Crippen LogP contribution in [0.2, 0.25) is 0 Å². The van der Waals surface area contributed by atoms with Crippen molar-refractivity contribution in [1.29, 1.82) is 0 Å². The van der Waals surface area contributed by atoms with Gasteiger partial charge in [0.1, 0.15) is 17.8 Å². The summed E-state index contributed by atoms with van der Waals surface area (Å²) in [4.78, 5) is 13.4. The minimum absolute atomic E-state index is 0.318. The first-order valence-corrected chi connectivity index (χ1v) is 14.3. The molecule has 1 aromatic carbocycles. The van der Waals surface area contributed by atoms with Crippen molar-refractivity contribution >= 4 is 28.6 Å². The second-order valence-corrected chi connectivity index (χ2v) is 11.7. The van der Waals surface area contributed by atoms with Crippen LogP contribution in [0, 0.1) is 0 Å². The van der Waals surface area contributed by atoms with Gasteiger partial charge in [-0.25, -0.2) is 14.6 Å². The van der Waals surface area contributed by atoms with Crippen LogP contribution in [-0.2, 0) is 4.99 Å². The van der Waals surface area contributed by atoms with Gasteiger partial charge in [-0.05, 0) is 44.6 Å². The average Bonchev–Trinajstić information content (AvgIpc) is 3.52. The Labute approximate surface area is 222 Å². The first kappa shape index (κ1) is 24.7. The average molecular weight is 520 g/mol. The van der Waals surface area contributed by atoms with Crippen molar-refractivity contribution in [3.8, 4) is 11.3 Å². The van der Waals surface area contributed by atoms with E-state index in [1.165, 1.54) is 39.0 Å². The van der Waals surface area contributed by atoms with E-state index >= 15 is 0 Å². The van der Waals surface area contributed by atoms with Crippen LogP contribution in [-0.4, -0.2) is 68.8 Å². The third-order valence-electron chi connectivity index (χ3n) is 8.29. The Morgan fingerprint density at radius 2 is 1.73 bits per heavy atom. The number of aromatic nitrogens is 4. The molecule has 37 heavy (non-hydrogen) atoms. The number of hydrogen-bond donors (Lipinski definition) is 3. The number of nitrogens with one attached hydrogen (secondary N) is 1. The largest absolute Gasteiger partial charge is 0.383 e. The fourth-order valence-electron chi connectivity index (χ4n) is 5.96. The Morgan fingerprint density at radius 1 is 1.03 bits per heavy atom. The molecule has 2 aliphatic heterocycles. The maximum atomic E-state index is 6.66. The highest BCUT2D eigenvalue weighted by Crippen LogP contribution is 2.40. The van der Waals surface area contributed by atoms with Crippen molar-refractivity contribution in [3.05, 3.63) is 47.3 Å². The second-order valence-electron chi connectivity index (χ2n) is 10.6. The Balaban J connectivity index is 1.25. The number of anilines is 1. The molecule has 4 heterocycles. The van der Waals surface area contributed by atoms with Crippen LogP contribution in [0.15, 0.2) is 41.7 Å². The molecule has 3 aliphatic rings. The smallest absolute Gasteiger partial charge is 0.165 e. The highest BCUT2D eigenvalue weighted by molar-refractivity contribution is 8.03. The van der Waals surface area contributed by atoms with E-state index in [0.29, 0.717) is 17.9 Å². The zero-order valence-electron chi connectivity index (χ0n) is 21.7. The normalized spacial score (nSPS) is 27.4. The zero-order valence-corrected chi connectivity index (χ0v) is 22.5. The molecule has 0 radical (unpaired) electrons. The van der Waals surface area contributed by atoms with Crippen LogP contribution >= 0.6 is 11.8 Å². The summed E-state index contributed by atoms with van der Waals surface area (Å²) in [7, 11) is 2.22. The summed E-state index contributed by atoms with van der Waals surface area (Å²) in [5, 5.41) is 11.5. The lowest BCUT2D eigenvalue weighted by Crippen LogP contribution is -2.49. The fourth-order valence-corrected chi connectivity index (χ4v) is 6.97. The van der Waals surface area contributed by atoms with Gasteiger partial charge in [0.2, 0.25) is 0 Å². The summed E-state index contributed by atoms with van der Waals surface area (Å²) >= 11 is 1.61. The van der Waals surface area contributed by atoms with E-state index in [1.54, 1.807) is 18.1 Å². The molecule has 196 valence electrons. The Hall–Kier alpha value is -2.66. The highest BCUT2D eigenvalue weighted by Gasteiger charge is 2.33. The third-order valence-corrected chi connectivity index (χ3v) is 9.40. The van der Waals surface area contributed by atoms with Crippen LogP contribution in [0.4, 0.5) is 5.82 Å². The predicted molar refractivity (Wildman–Crippen MR) is 151 cm³/mol. The topological polar surface area (TPSA) is 114 Å². The van der Waals surface area contributed by atoms with E-state index in [9.17, 15) is 0 Å². The number of rotatable bonds is 5. The van der Waals surface area contributed by atoms with Crippen molar-refractivity contribution in [3.63, 3.8) is 0 Å². The molecule has 2 fully saturated rings. The van der Waals surface area contributed by atoms with Gasteiger partial charge in [-0.15, -0.1) is 0 Å². The number of hydrogen-bond acceptors (Lipinski definition) is 9. The Kier molecular flexibility index (Phi) is 6.60. The molecule has 1 saturated carbocycles. The predicted octanol–water partition coefficient (Wildman–Crippen LogP) is 3.46. The number of thioether (sulfide) groups is 1. The number of fused-ring (bicyclic) bond motifs is 1. The summed E-state index contributed by atoms with van der Waals surface area (Å²) < 4.78 is 2.12. The lowest BCUT2D eigenvalue weighted by atomic mass is 9.90. The number of nitrogens with two attached hydrogens (primary N) is 2. The summed E-state index contributed by atoms with van der Waals surface area (Å²) in [6.45, 7) is 6.81. The maximum absolute atomic E-state index is 6.66. The van der Waals surface area contributed by atoms with Crippen LogP contribution in [0.1, 0.15) is 50.6 Å². The van der Waals surface area contributed by atoms with Gasteiger partial charge in [0, 0.05) is 49.0 Å². The van der Waals surface area contributed by atoms with Crippen LogP contribution < -0.4 is 16.8 Å². The summed E-state index contributed by atoms with van der Waals surface area (Å²) in [5.74, 6) is 0.474. The van der Waals surface area contributed by atoms with Gasteiger partial charge in [-0.2, -0.15) is 5.10 Å². The third kappa shape index (κ3) is 4.60. The molecule has 6 rings (SSSR count). The molecule has 10 heteroatoms. The van der Waals surface area contributed by atoms with E-state index in [4.69, 9.17) is 16.6 Å². The van der Waals surface area contributed by atoms with Crippen molar-refractivity contribution in [2.75, 3.05) is 39.0 Å². The standard InChI is InChI=1S/C27H37N9S/c1-3-20-16-37-27(29,32-20)19-6-4-18(5-7-19)24-23-25(28)30-17-31-26(23)36(33-24)22-10-8-21(9-11-22)35-14-12-34(2)13-15-35/h4-7,16-17,21-22,32H,3,8-15,29H2,1-2H3,(H2,28,30,31). The molecular weight excluding hydrogens is 482 g/mol. The first-order chi connectivity index (χ1) is 17.9. The van der Waals surface area contributed by atoms with E-state index in [2.05, 4.69) is 73.4 Å². The van der Waals surface area contributed by atoms with Gasteiger partial charge >= 0.3 is 0 Å². The maximum Gasteiger partial charge on any atom is 0.165 e. The number of allylic oxidation sites excluding steroid dienone is 1. The van der Waals surface area contributed by atoms with Gasteiger partial charge in [-0.1, -0.05) is 43.0 Å². The molecule has 1 atom stereocenters. The molecule has 3 aromatic rings. The summed E-state index contributed by atoms with van der Waals surface area (Å²) in [6, 6.07) is 9.31. The van der Waals surface area contributed by atoms with Gasteiger partial charge < -0.3 is 16.0 Å². The molecule has 5 N–H and O–H groups in total. The molecule has 0 spiro atoms. The van der Waals surface area contributed by atoms with E-state index < -0.39 is 4.99 Å². The summed E-state index contributed by atoms with van der Waals surface area (Å²) in [5.41, 5.74) is 17.9. The molecule has 1 aliphatic carbocycles. The van der Waals surface area contributed by atoms with Gasteiger partial charge in [0.15, 0.2) is 10.6 Å². The lowest BCUT2D eigenvalue weighted by Gasteiger charge is -2.41. The van der Waals surface area contributed by atoms with E-state index in [0.717, 1.165) is 52.8 Å². The lowest BCUT2D eigenvalue weighted by molar-refractivity contribution is 0.0815. The van der Waals surface area contributed by atoms with E-state index in [-0.39, 0.29) is 0 Å². The SMILES string of the molecule is CCC1=CSC(N)(c2ccc(-c3nn(C4CCC(N5CCN(C)CC5)CC4)c4ncnc(N)c34)cc2)N1. The quantitative estimate of drug-likeness (QED) is 0.466. The first-order valence-electron chi connectivity index (χ1n) is 13.4. The monoisotopic (exact) mass is 519 g/mol. The van der Waals surface area contributed by atoms with Crippen molar-refractivity contribution in [2.45, 2.75) is 56.1 Å². The van der Waals surface area contributed by atoms with Gasteiger partial charge in [0.05, 0.1) is 11.4 Å². The molecule has 0 bridgehead atoms. The van der Waals surface area contributed by atoms with Crippen LogP contribution in [0.3, 0.4) is 0 Å². The Bertz CT molecular complexity index is 1290. The minimum atomic E-state index is -0.643. The zero-order chi connectivity index (χ0) is 25.6. The molecule has 0 amide bonds. The molecule has 9 nitrogen and oxygen atoms in total.